The number of isocyanates is 2. The van der Waals surface area contributed by atoms with Crippen molar-refractivity contribution in [1.82, 2.24) is 0 Å². The van der Waals surface area contributed by atoms with Crippen molar-refractivity contribution >= 4 is 23.5 Å². The van der Waals surface area contributed by atoms with Crippen LogP contribution in [0, 0.1) is 17.7 Å². The van der Waals surface area contributed by atoms with Crippen LogP contribution in [0.3, 0.4) is 0 Å². The first kappa shape index (κ1) is 17.8. The average molecular weight is 284 g/mol. The molecule has 2 aromatic carbocycles. The molecule has 21 heavy (non-hydrogen) atoms. The van der Waals surface area contributed by atoms with E-state index >= 15 is 0 Å². The van der Waals surface area contributed by atoms with Gasteiger partial charge in [-0.05, 0) is 47.9 Å². The molecule has 0 saturated carbocycles. The van der Waals surface area contributed by atoms with Gasteiger partial charge in [0, 0.05) is 11.4 Å². The van der Waals surface area contributed by atoms with Crippen LogP contribution in [-0.4, -0.2) is 12.2 Å². The molecule has 0 amide bonds. The number of nitrogens with two attached hydrogens (primary N) is 2. The zero-order valence-corrected chi connectivity index (χ0v) is 11.5. The minimum Gasteiger partial charge on any atom is -0.399 e. The SMILES string of the molecule is Cc1cc(N)ccc1-c1ccc(N)cc1.N=C=O.N=C=O. The summed E-state index contributed by atoms with van der Waals surface area (Å²) in [6.07, 6.45) is 1.50. The number of anilines is 2. The Morgan fingerprint density at radius 1 is 0.857 bits per heavy atom. The summed E-state index contributed by atoms with van der Waals surface area (Å²) in [7, 11) is 0. The van der Waals surface area contributed by atoms with Gasteiger partial charge in [0.15, 0.2) is 0 Å². The predicted molar refractivity (Wildman–Crippen MR) is 82.3 cm³/mol. The normalized spacial score (nSPS) is 8.05. The molecule has 0 aliphatic rings. The zero-order valence-electron chi connectivity index (χ0n) is 11.5. The number of nitrogen functional groups attached to an aromatic ring is 2. The lowest BCUT2D eigenvalue weighted by atomic mass is 10.00. The lowest BCUT2D eigenvalue weighted by molar-refractivity contribution is 0.562. The molecule has 0 unspecified atom stereocenters. The monoisotopic (exact) mass is 284 g/mol. The Hall–Kier alpha value is -3.20. The van der Waals surface area contributed by atoms with E-state index in [2.05, 4.69) is 6.92 Å². The second kappa shape index (κ2) is 9.69. The molecule has 6 heteroatoms. The highest BCUT2D eigenvalue weighted by Gasteiger charge is 2.01. The van der Waals surface area contributed by atoms with Gasteiger partial charge >= 0.3 is 0 Å². The van der Waals surface area contributed by atoms with Crippen LogP contribution in [0.5, 0.6) is 0 Å². The summed E-state index contributed by atoms with van der Waals surface area (Å²) in [6, 6.07) is 13.8. The van der Waals surface area contributed by atoms with Gasteiger partial charge in [0.1, 0.15) is 0 Å². The Morgan fingerprint density at radius 3 is 1.71 bits per heavy atom. The number of hydrogen-bond acceptors (Lipinski definition) is 6. The fourth-order valence-electron chi connectivity index (χ4n) is 1.67. The number of benzene rings is 2. The Balaban J connectivity index is 0.000000578. The molecule has 6 nitrogen and oxygen atoms in total. The summed E-state index contributed by atoms with van der Waals surface area (Å²) in [5, 5.41) is 10.8. The third-order valence-electron chi connectivity index (χ3n) is 2.47. The summed E-state index contributed by atoms with van der Waals surface area (Å²) >= 11 is 0. The fourth-order valence-corrected chi connectivity index (χ4v) is 1.67. The van der Waals surface area contributed by atoms with Crippen LogP contribution < -0.4 is 11.5 Å². The molecule has 2 rings (SSSR count). The third kappa shape index (κ3) is 6.50. The van der Waals surface area contributed by atoms with Gasteiger partial charge in [-0.2, -0.15) is 0 Å². The number of nitrogens with one attached hydrogen (secondary N) is 2. The number of aryl methyl sites for hydroxylation is 1. The number of hydrogen-bond donors (Lipinski definition) is 4. The van der Waals surface area contributed by atoms with Gasteiger partial charge < -0.3 is 11.5 Å². The minimum absolute atomic E-state index is 0.750. The van der Waals surface area contributed by atoms with E-state index in [0.29, 0.717) is 0 Å². The second-order valence-electron chi connectivity index (χ2n) is 3.90. The summed E-state index contributed by atoms with van der Waals surface area (Å²) in [4.78, 5) is 16.7. The Morgan fingerprint density at radius 2 is 1.29 bits per heavy atom. The first-order valence-corrected chi connectivity index (χ1v) is 5.79. The van der Waals surface area contributed by atoms with Crippen molar-refractivity contribution < 1.29 is 9.59 Å². The summed E-state index contributed by atoms with van der Waals surface area (Å²) in [5.41, 5.74) is 16.5. The molecule has 2 aromatic rings. The number of rotatable bonds is 1. The maximum absolute atomic E-state index is 8.35. The van der Waals surface area contributed by atoms with Crippen molar-refractivity contribution in [3.05, 3.63) is 48.0 Å². The third-order valence-corrected chi connectivity index (χ3v) is 2.47. The molecular formula is C15H16N4O2. The maximum atomic E-state index is 8.35. The van der Waals surface area contributed by atoms with E-state index in [1.54, 1.807) is 0 Å². The van der Waals surface area contributed by atoms with Crippen LogP contribution in [0.4, 0.5) is 11.4 Å². The molecule has 0 aliphatic heterocycles. The first-order chi connectivity index (χ1) is 9.99. The van der Waals surface area contributed by atoms with Crippen molar-refractivity contribution in [2.45, 2.75) is 6.92 Å². The highest BCUT2D eigenvalue weighted by atomic mass is 16.1. The molecule has 0 saturated heterocycles. The van der Waals surface area contributed by atoms with Crippen molar-refractivity contribution in [3.63, 3.8) is 0 Å². The van der Waals surface area contributed by atoms with Gasteiger partial charge in [0.2, 0.25) is 12.2 Å². The highest BCUT2D eigenvalue weighted by Crippen LogP contribution is 2.25. The van der Waals surface area contributed by atoms with Crippen LogP contribution in [0.25, 0.3) is 11.1 Å². The Kier molecular flexibility index (Phi) is 8.22. The lowest BCUT2D eigenvalue weighted by Gasteiger charge is -2.07. The van der Waals surface area contributed by atoms with E-state index < -0.39 is 0 Å². The van der Waals surface area contributed by atoms with E-state index in [-0.39, 0.29) is 0 Å². The molecule has 0 aliphatic carbocycles. The Labute approximate surface area is 122 Å². The van der Waals surface area contributed by atoms with E-state index in [9.17, 15) is 0 Å². The average Bonchev–Trinajstić information content (AvgIpc) is 2.42. The van der Waals surface area contributed by atoms with Gasteiger partial charge in [-0.15, -0.1) is 0 Å². The van der Waals surface area contributed by atoms with Crippen LogP contribution in [0.2, 0.25) is 0 Å². The first-order valence-electron chi connectivity index (χ1n) is 5.79. The lowest BCUT2D eigenvalue weighted by Crippen LogP contribution is -1.89. The molecule has 0 radical (unpaired) electrons. The van der Waals surface area contributed by atoms with Crippen LogP contribution in [0.1, 0.15) is 5.56 Å². The summed E-state index contributed by atoms with van der Waals surface area (Å²) < 4.78 is 0. The van der Waals surface area contributed by atoms with E-state index in [4.69, 9.17) is 31.9 Å². The van der Waals surface area contributed by atoms with Crippen LogP contribution in [-0.2, 0) is 9.59 Å². The molecular weight excluding hydrogens is 268 g/mol. The molecule has 0 aromatic heterocycles. The van der Waals surface area contributed by atoms with Crippen molar-refractivity contribution in [1.29, 1.82) is 10.8 Å². The topological polar surface area (TPSA) is 134 Å². The smallest absolute Gasteiger partial charge is 0.231 e. The quantitative estimate of drug-likeness (QED) is 0.363. The van der Waals surface area contributed by atoms with E-state index in [0.717, 1.165) is 23.5 Å². The molecule has 0 spiro atoms. The second-order valence-corrected chi connectivity index (χ2v) is 3.90. The molecule has 108 valence electrons. The van der Waals surface area contributed by atoms with Gasteiger partial charge in [-0.3, -0.25) is 0 Å². The molecule has 0 fully saturated rings. The van der Waals surface area contributed by atoms with Gasteiger partial charge in [-0.1, -0.05) is 18.2 Å². The van der Waals surface area contributed by atoms with Crippen LogP contribution in [0.15, 0.2) is 42.5 Å². The van der Waals surface area contributed by atoms with E-state index in [1.807, 2.05) is 42.5 Å². The van der Waals surface area contributed by atoms with Crippen molar-refractivity contribution in [2.24, 2.45) is 0 Å². The van der Waals surface area contributed by atoms with Crippen molar-refractivity contribution in [3.8, 4) is 11.1 Å². The summed E-state index contributed by atoms with van der Waals surface area (Å²) in [6.45, 7) is 2.06. The standard InChI is InChI=1S/C13H14N2.2CHNO/c1-9-8-12(15)6-7-13(9)10-2-4-11(14)5-3-10;2*2-1-3/h2-8H,14-15H2,1H3;2*2H. The molecule has 0 atom stereocenters. The fraction of sp³-hybridized carbons (Fsp3) is 0.0667. The molecule has 0 bridgehead atoms. The Bertz CT molecular complexity index is 627. The molecule has 6 N–H and O–H groups in total. The van der Waals surface area contributed by atoms with Crippen LogP contribution >= 0.6 is 0 Å². The molecule has 0 heterocycles. The highest BCUT2D eigenvalue weighted by molar-refractivity contribution is 5.70. The van der Waals surface area contributed by atoms with Crippen molar-refractivity contribution in [2.75, 3.05) is 11.5 Å². The summed E-state index contributed by atoms with van der Waals surface area (Å²) in [5.74, 6) is 0. The zero-order chi connectivity index (χ0) is 16.3. The van der Waals surface area contributed by atoms with Gasteiger partial charge in [0.05, 0.1) is 0 Å². The minimum atomic E-state index is 0.750. The van der Waals surface area contributed by atoms with Gasteiger partial charge in [0.25, 0.3) is 0 Å². The maximum Gasteiger partial charge on any atom is 0.231 e. The predicted octanol–water partition coefficient (Wildman–Crippen LogP) is 2.63. The van der Waals surface area contributed by atoms with Gasteiger partial charge in [-0.25, -0.2) is 20.4 Å². The number of carbonyl (C=O) groups excluding carboxylic acids is 2. The van der Waals surface area contributed by atoms with E-state index in [1.165, 1.54) is 16.7 Å². The largest absolute Gasteiger partial charge is 0.399 e.